The molecule has 3 N–H and O–H groups in total. The standard InChI is InChI=1S/C9H18N4/c1-3-5-8(12-10)9-11-6-7-13(9)4-2/h6-8,12H,3-5,10H2,1-2H3. The lowest BCUT2D eigenvalue weighted by Crippen LogP contribution is -2.30. The summed E-state index contributed by atoms with van der Waals surface area (Å²) in [5.74, 6) is 6.50. The second-order valence-corrected chi connectivity index (χ2v) is 3.08. The van der Waals surface area contributed by atoms with Crippen molar-refractivity contribution in [2.24, 2.45) is 5.84 Å². The Bertz CT molecular complexity index is 244. The highest BCUT2D eigenvalue weighted by atomic mass is 15.3. The minimum Gasteiger partial charge on any atom is -0.334 e. The first-order valence-electron chi connectivity index (χ1n) is 4.80. The van der Waals surface area contributed by atoms with Gasteiger partial charge in [0.2, 0.25) is 0 Å². The zero-order valence-electron chi connectivity index (χ0n) is 8.33. The van der Waals surface area contributed by atoms with Crippen LogP contribution in [0.25, 0.3) is 0 Å². The van der Waals surface area contributed by atoms with Crippen LogP contribution in [0, 0.1) is 0 Å². The normalized spacial score (nSPS) is 13.2. The van der Waals surface area contributed by atoms with Gasteiger partial charge in [-0.3, -0.25) is 5.84 Å². The molecular weight excluding hydrogens is 164 g/mol. The summed E-state index contributed by atoms with van der Waals surface area (Å²) < 4.78 is 2.11. The zero-order valence-corrected chi connectivity index (χ0v) is 8.33. The number of aryl methyl sites for hydroxylation is 1. The minimum absolute atomic E-state index is 0.181. The summed E-state index contributed by atoms with van der Waals surface area (Å²) in [4.78, 5) is 4.30. The van der Waals surface area contributed by atoms with E-state index in [9.17, 15) is 0 Å². The van der Waals surface area contributed by atoms with Crippen LogP contribution in [0.2, 0.25) is 0 Å². The van der Waals surface area contributed by atoms with Gasteiger partial charge in [-0.2, -0.15) is 0 Å². The highest BCUT2D eigenvalue weighted by Gasteiger charge is 2.13. The summed E-state index contributed by atoms with van der Waals surface area (Å²) in [5, 5.41) is 0. The fourth-order valence-corrected chi connectivity index (χ4v) is 1.47. The van der Waals surface area contributed by atoms with Gasteiger partial charge >= 0.3 is 0 Å². The molecule has 1 rings (SSSR count). The molecule has 1 unspecified atom stereocenters. The van der Waals surface area contributed by atoms with E-state index < -0.39 is 0 Å². The summed E-state index contributed by atoms with van der Waals surface area (Å²) >= 11 is 0. The first-order valence-corrected chi connectivity index (χ1v) is 4.80. The third kappa shape index (κ3) is 2.29. The Hall–Kier alpha value is -0.870. The van der Waals surface area contributed by atoms with E-state index in [2.05, 4.69) is 28.8 Å². The van der Waals surface area contributed by atoms with E-state index in [1.807, 2.05) is 12.4 Å². The summed E-state index contributed by atoms with van der Waals surface area (Å²) in [6.45, 7) is 5.19. The lowest BCUT2D eigenvalue weighted by molar-refractivity contribution is 0.464. The Kier molecular flexibility index (Phi) is 3.92. The van der Waals surface area contributed by atoms with Gasteiger partial charge in [-0.25, -0.2) is 10.4 Å². The third-order valence-corrected chi connectivity index (χ3v) is 2.18. The Balaban J connectivity index is 2.77. The molecule has 0 amide bonds. The highest BCUT2D eigenvalue weighted by molar-refractivity contribution is 4.98. The van der Waals surface area contributed by atoms with Crippen LogP contribution in [0.3, 0.4) is 0 Å². The number of nitrogens with two attached hydrogens (primary N) is 1. The maximum absolute atomic E-state index is 5.47. The molecule has 0 aliphatic carbocycles. The average Bonchev–Trinajstić information content (AvgIpc) is 2.61. The van der Waals surface area contributed by atoms with Crippen LogP contribution in [0.1, 0.15) is 38.6 Å². The third-order valence-electron chi connectivity index (χ3n) is 2.18. The van der Waals surface area contributed by atoms with E-state index in [1.165, 1.54) is 0 Å². The van der Waals surface area contributed by atoms with Crippen molar-refractivity contribution in [3.8, 4) is 0 Å². The smallest absolute Gasteiger partial charge is 0.127 e. The molecule has 0 bridgehead atoms. The number of hydrazine groups is 1. The monoisotopic (exact) mass is 182 g/mol. The quantitative estimate of drug-likeness (QED) is 0.531. The van der Waals surface area contributed by atoms with Crippen LogP contribution in [0.5, 0.6) is 0 Å². The van der Waals surface area contributed by atoms with Crippen LogP contribution in [0.4, 0.5) is 0 Å². The van der Waals surface area contributed by atoms with Crippen molar-refractivity contribution in [3.63, 3.8) is 0 Å². The molecule has 0 saturated heterocycles. The fourth-order valence-electron chi connectivity index (χ4n) is 1.47. The van der Waals surface area contributed by atoms with Crippen LogP contribution in [-0.2, 0) is 6.54 Å². The van der Waals surface area contributed by atoms with E-state index in [0.717, 1.165) is 25.2 Å². The fraction of sp³-hybridized carbons (Fsp3) is 0.667. The van der Waals surface area contributed by atoms with Crippen molar-refractivity contribution in [2.75, 3.05) is 0 Å². The predicted octanol–water partition coefficient (Wildman–Crippen LogP) is 1.21. The number of nitrogens with zero attached hydrogens (tertiary/aromatic N) is 2. The van der Waals surface area contributed by atoms with E-state index in [1.54, 1.807) is 0 Å². The summed E-state index contributed by atoms with van der Waals surface area (Å²) in [5.41, 5.74) is 2.80. The molecule has 0 saturated carbocycles. The molecule has 74 valence electrons. The maximum atomic E-state index is 5.47. The molecule has 1 atom stereocenters. The Morgan fingerprint density at radius 2 is 2.38 bits per heavy atom. The van der Waals surface area contributed by atoms with Crippen molar-refractivity contribution < 1.29 is 0 Å². The number of nitrogens with one attached hydrogen (secondary N) is 1. The van der Waals surface area contributed by atoms with Crippen molar-refractivity contribution in [1.82, 2.24) is 15.0 Å². The largest absolute Gasteiger partial charge is 0.334 e. The summed E-state index contributed by atoms with van der Waals surface area (Å²) in [6, 6.07) is 0.181. The van der Waals surface area contributed by atoms with Crippen molar-refractivity contribution >= 4 is 0 Å². The first-order chi connectivity index (χ1) is 6.33. The summed E-state index contributed by atoms with van der Waals surface area (Å²) in [7, 11) is 0. The van der Waals surface area contributed by atoms with Gasteiger partial charge in [0.05, 0.1) is 6.04 Å². The number of rotatable bonds is 5. The van der Waals surface area contributed by atoms with Gasteiger partial charge in [-0.1, -0.05) is 13.3 Å². The topological polar surface area (TPSA) is 55.9 Å². The molecule has 0 spiro atoms. The van der Waals surface area contributed by atoms with E-state index in [4.69, 9.17) is 5.84 Å². The predicted molar refractivity (Wildman–Crippen MR) is 52.9 cm³/mol. The molecule has 0 aromatic carbocycles. The van der Waals surface area contributed by atoms with Crippen LogP contribution < -0.4 is 11.3 Å². The van der Waals surface area contributed by atoms with E-state index in [-0.39, 0.29) is 6.04 Å². The lowest BCUT2D eigenvalue weighted by atomic mass is 10.1. The number of hydrogen-bond donors (Lipinski definition) is 2. The van der Waals surface area contributed by atoms with Crippen LogP contribution >= 0.6 is 0 Å². The van der Waals surface area contributed by atoms with Gasteiger partial charge < -0.3 is 4.57 Å². The molecule has 13 heavy (non-hydrogen) atoms. The average molecular weight is 182 g/mol. The number of aromatic nitrogens is 2. The van der Waals surface area contributed by atoms with Gasteiger partial charge in [-0.15, -0.1) is 0 Å². The molecule has 1 aromatic rings. The molecule has 4 nitrogen and oxygen atoms in total. The van der Waals surface area contributed by atoms with Gasteiger partial charge in [0, 0.05) is 18.9 Å². The second kappa shape index (κ2) is 4.99. The van der Waals surface area contributed by atoms with Gasteiger partial charge in [0.15, 0.2) is 0 Å². The van der Waals surface area contributed by atoms with Gasteiger partial charge in [-0.05, 0) is 13.3 Å². The molecule has 4 heteroatoms. The van der Waals surface area contributed by atoms with Gasteiger partial charge in [0.1, 0.15) is 5.82 Å². The molecule has 0 fully saturated rings. The molecule has 0 radical (unpaired) electrons. The Labute approximate surface area is 79.1 Å². The molecule has 1 heterocycles. The molecule has 0 aliphatic rings. The summed E-state index contributed by atoms with van der Waals surface area (Å²) in [6.07, 6.45) is 5.92. The molecular formula is C9H18N4. The number of hydrogen-bond acceptors (Lipinski definition) is 3. The van der Waals surface area contributed by atoms with Crippen LogP contribution in [-0.4, -0.2) is 9.55 Å². The van der Waals surface area contributed by atoms with Crippen LogP contribution in [0.15, 0.2) is 12.4 Å². The minimum atomic E-state index is 0.181. The highest BCUT2D eigenvalue weighted by Crippen LogP contribution is 2.15. The van der Waals surface area contributed by atoms with Gasteiger partial charge in [0.25, 0.3) is 0 Å². The molecule has 0 aliphatic heterocycles. The van der Waals surface area contributed by atoms with Crippen molar-refractivity contribution in [3.05, 3.63) is 18.2 Å². The number of imidazole rings is 1. The van der Waals surface area contributed by atoms with E-state index >= 15 is 0 Å². The van der Waals surface area contributed by atoms with Crippen molar-refractivity contribution in [1.29, 1.82) is 0 Å². The maximum Gasteiger partial charge on any atom is 0.127 e. The van der Waals surface area contributed by atoms with E-state index in [0.29, 0.717) is 0 Å². The molecule has 1 aromatic heterocycles. The zero-order chi connectivity index (χ0) is 9.68. The second-order valence-electron chi connectivity index (χ2n) is 3.08. The lowest BCUT2D eigenvalue weighted by Gasteiger charge is -2.15. The Morgan fingerprint density at radius 3 is 2.92 bits per heavy atom. The Morgan fingerprint density at radius 1 is 1.62 bits per heavy atom. The SMILES string of the molecule is CCCC(NN)c1nccn1CC. The first kappa shape index (κ1) is 10.2. The van der Waals surface area contributed by atoms with Crippen molar-refractivity contribution in [2.45, 2.75) is 39.3 Å².